The molecule has 26 heavy (non-hydrogen) atoms. The Balaban J connectivity index is 1.77. The van der Waals surface area contributed by atoms with Crippen LogP contribution in [0.25, 0.3) is 0 Å². The maximum Gasteiger partial charge on any atom is 0.246 e. The summed E-state index contributed by atoms with van der Waals surface area (Å²) in [4.78, 5) is 2.62. The maximum absolute atomic E-state index is 13.2. The summed E-state index contributed by atoms with van der Waals surface area (Å²) in [7, 11) is -0.627. The number of methoxy groups -OCH3 is 2. The van der Waals surface area contributed by atoms with Crippen LogP contribution in [0.1, 0.15) is 32.1 Å². The van der Waals surface area contributed by atoms with Gasteiger partial charge in [-0.2, -0.15) is 4.31 Å². The predicted molar refractivity (Wildman–Crippen MR) is 104 cm³/mol. The van der Waals surface area contributed by atoms with Gasteiger partial charge in [0, 0.05) is 38.3 Å². The zero-order valence-corrected chi connectivity index (χ0v) is 17.8. The van der Waals surface area contributed by atoms with Crippen molar-refractivity contribution in [1.29, 1.82) is 0 Å². The Bertz CT molecular complexity index is 727. The lowest BCUT2D eigenvalue weighted by Crippen LogP contribution is -2.52. The van der Waals surface area contributed by atoms with Crippen molar-refractivity contribution in [2.24, 2.45) is 0 Å². The van der Waals surface area contributed by atoms with Gasteiger partial charge in [0.1, 0.15) is 16.4 Å². The molecule has 0 bridgehead atoms. The van der Waals surface area contributed by atoms with Crippen molar-refractivity contribution in [2.75, 3.05) is 40.4 Å². The molecule has 1 aliphatic carbocycles. The summed E-state index contributed by atoms with van der Waals surface area (Å²) < 4.78 is 39.2. The minimum absolute atomic E-state index is 0.158. The number of ether oxygens (including phenoxy) is 2. The number of piperazine rings is 1. The lowest BCUT2D eigenvalue weighted by molar-refractivity contribution is 0.111. The summed E-state index contributed by atoms with van der Waals surface area (Å²) in [5.74, 6) is 0.803. The smallest absolute Gasteiger partial charge is 0.246 e. The molecule has 0 radical (unpaired) electrons. The summed E-state index contributed by atoms with van der Waals surface area (Å²) in [6.07, 6.45) is 6.39. The maximum atomic E-state index is 13.2. The fourth-order valence-corrected chi connectivity index (χ4v) is 5.99. The number of hydrogen-bond donors (Lipinski definition) is 0. The van der Waals surface area contributed by atoms with E-state index in [4.69, 9.17) is 9.47 Å². The molecule has 1 heterocycles. The third-order valence-electron chi connectivity index (χ3n) is 5.42. The molecule has 1 aromatic carbocycles. The highest BCUT2D eigenvalue weighted by Gasteiger charge is 2.33. The second-order valence-corrected chi connectivity index (χ2v) is 9.63. The van der Waals surface area contributed by atoms with Gasteiger partial charge in [-0.05, 0) is 34.8 Å². The Labute approximate surface area is 164 Å². The molecule has 1 aliphatic heterocycles. The summed E-state index contributed by atoms with van der Waals surface area (Å²) >= 11 is 3.38. The van der Waals surface area contributed by atoms with Crippen LogP contribution in [0.3, 0.4) is 0 Å². The minimum atomic E-state index is -3.63. The largest absolute Gasteiger partial charge is 0.496 e. The molecule has 1 aromatic rings. The van der Waals surface area contributed by atoms with E-state index in [1.807, 2.05) is 0 Å². The first-order valence-electron chi connectivity index (χ1n) is 9.13. The van der Waals surface area contributed by atoms with Crippen molar-refractivity contribution >= 4 is 26.0 Å². The van der Waals surface area contributed by atoms with E-state index in [0.717, 1.165) is 13.1 Å². The molecule has 1 saturated heterocycles. The normalized spacial score (nSPS) is 20.9. The molecule has 0 amide bonds. The molecule has 0 atom stereocenters. The van der Waals surface area contributed by atoms with Crippen molar-refractivity contribution in [3.05, 3.63) is 16.6 Å². The highest BCUT2D eigenvalue weighted by atomic mass is 79.9. The molecular formula is C18H27BrN2O4S. The van der Waals surface area contributed by atoms with Crippen molar-refractivity contribution in [2.45, 2.75) is 43.0 Å². The van der Waals surface area contributed by atoms with E-state index >= 15 is 0 Å². The Morgan fingerprint density at radius 3 is 2.15 bits per heavy atom. The fraction of sp³-hybridized carbons (Fsp3) is 0.667. The van der Waals surface area contributed by atoms with E-state index < -0.39 is 10.0 Å². The van der Waals surface area contributed by atoms with Crippen LogP contribution in [0, 0.1) is 0 Å². The first-order valence-corrected chi connectivity index (χ1v) is 11.4. The van der Waals surface area contributed by atoms with Gasteiger partial charge in [-0.1, -0.05) is 19.3 Å². The molecule has 0 spiro atoms. The van der Waals surface area contributed by atoms with Gasteiger partial charge in [0.25, 0.3) is 0 Å². The highest BCUT2D eigenvalue weighted by molar-refractivity contribution is 9.10. The number of nitrogens with zero attached hydrogens (tertiary/aromatic N) is 2. The van der Waals surface area contributed by atoms with Crippen LogP contribution in [-0.4, -0.2) is 64.1 Å². The van der Waals surface area contributed by atoms with Gasteiger partial charge in [0.05, 0.1) is 18.7 Å². The van der Waals surface area contributed by atoms with Crippen LogP contribution in [0.2, 0.25) is 0 Å². The molecule has 8 heteroatoms. The lowest BCUT2D eigenvalue weighted by atomic mass is 9.94. The average Bonchev–Trinajstić information content (AvgIpc) is 2.68. The van der Waals surface area contributed by atoms with Gasteiger partial charge < -0.3 is 9.47 Å². The molecule has 146 valence electrons. The molecule has 3 rings (SSSR count). The number of rotatable bonds is 5. The van der Waals surface area contributed by atoms with Crippen LogP contribution < -0.4 is 9.47 Å². The Morgan fingerprint density at radius 1 is 0.962 bits per heavy atom. The monoisotopic (exact) mass is 446 g/mol. The van der Waals surface area contributed by atoms with Crippen LogP contribution in [-0.2, 0) is 10.0 Å². The van der Waals surface area contributed by atoms with Crippen molar-refractivity contribution in [3.63, 3.8) is 0 Å². The number of halogens is 1. The van der Waals surface area contributed by atoms with Crippen LogP contribution in [0.5, 0.6) is 11.5 Å². The van der Waals surface area contributed by atoms with Crippen LogP contribution >= 0.6 is 15.9 Å². The van der Waals surface area contributed by atoms with Crippen LogP contribution in [0.15, 0.2) is 21.5 Å². The molecular weight excluding hydrogens is 420 g/mol. The quantitative estimate of drug-likeness (QED) is 0.695. The van der Waals surface area contributed by atoms with E-state index in [1.54, 1.807) is 10.4 Å². The Hall–Kier alpha value is -0.830. The Kier molecular flexibility index (Phi) is 6.48. The van der Waals surface area contributed by atoms with Gasteiger partial charge in [-0.25, -0.2) is 8.42 Å². The van der Waals surface area contributed by atoms with Gasteiger partial charge in [-0.15, -0.1) is 0 Å². The topological polar surface area (TPSA) is 59.1 Å². The molecule has 2 aliphatic rings. The number of benzene rings is 1. The Morgan fingerprint density at radius 2 is 1.58 bits per heavy atom. The van der Waals surface area contributed by atoms with E-state index in [2.05, 4.69) is 20.8 Å². The second-order valence-electron chi connectivity index (χ2n) is 6.87. The SMILES string of the molecule is COc1cc(S(=O)(=O)N2CCN(C3CCCCC3)CC2)c(OC)cc1Br. The minimum Gasteiger partial charge on any atom is -0.496 e. The highest BCUT2D eigenvalue weighted by Crippen LogP contribution is 2.37. The van der Waals surface area contributed by atoms with Crippen molar-refractivity contribution < 1.29 is 17.9 Å². The standard InChI is InChI=1S/C18H27BrN2O4S/c1-24-16-13-18(17(25-2)12-15(16)19)26(22,23)21-10-8-20(9-11-21)14-6-4-3-5-7-14/h12-14H,3-11H2,1-2H3. The summed E-state index contributed by atoms with van der Waals surface area (Å²) in [6, 6.07) is 3.80. The summed E-state index contributed by atoms with van der Waals surface area (Å²) in [6.45, 7) is 2.61. The number of sulfonamides is 1. The van der Waals surface area contributed by atoms with E-state index in [9.17, 15) is 8.42 Å². The van der Waals surface area contributed by atoms with Gasteiger partial charge in [0.2, 0.25) is 10.0 Å². The van der Waals surface area contributed by atoms with Crippen LogP contribution in [0.4, 0.5) is 0 Å². The summed E-state index contributed by atoms with van der Waals surface area (Å²) in [5.41, 5.74) is 0. The van der Waals surface area contributed by atoms with Gasteiger partial charge in [0.15, 0.2) is 0 Å². The third kappa shape index (κ3) is 4.03. The fourth-order valence-electron chi connectivity index (χ4n) is 3.93. The first kappa shape index (κ1) is 19.9. The second kappa shape index (κ2) is 8.46. The number of hydrogen-bond acceptors (Lipinski definition) is 5. The molecule has 1 saturated carbocycles. The van der Waals surface area contributed by atoms with Crippen molar-refractivity contribution in [1.82, 2.24) is 9.21 Å². The zero-order valence-electron chi connectivity index (χ0n) is 15.4. The van der Waals surface area contributed by atoms with Gasteiger partial charge in [-0.3, -0.25) is 4.90 Å². The molecule has 6 nitrogen and oxygen atoms in total. The summed E-state index contributed by atoms with van der Waals surface area (Å²) in [5, 5.41) is 0. The van der Waals surface area contributed by atoms with E-state index in [0.29, 0.717) is 35.1 Å². The van der Waals surface area contributed by atoms with Crippen molar-refractivity contribution in [3.8, 4) is 11.5 Å². The van der Waals surface area contributed by atoms with E-state index in [1.165, 1.54) is 52.4 Å². The van der Waals surface area contributed by atoms with E-state index in [-0.39, 0.29) is 4.90 Å². The third-order valence-corrected chi connectivity index (χ3v) is 7.96. The molecule has 2 fully saturated rings. The predicted octanol–water partition coefficient (Wildman–Crippen LogP) is 3.11. The molecule has 0 unspecified atom stereocenters. The lowest BCUT2D eigenvalue weighted by Gasteiger charge is -2.40. The van der Waals surface area contributed by atoms with Gasteiger partial charge >= 0.3 is 0 Å². The molecule has 0 aromatic heterocycles. The zero-order chi connectivity index (χ0) is 18.7. The first-order chi connectivity index (χ1) is 12.5. The average molecular weight is 447 g/mol. The molecule has 0 N–H and O–H groups in total.